The number of aliphatic hydroxyl groups excluding tert-OH is 2. The normalized spacial score (nSPS) is 52.4. The maximum absolute atomic E-state index is 14.0. The zero-order chi connectivity index (χ0) is 35.9. The summed E-state index contributed by atoms with van der Waals surface area (Å²) in [5.74, 6) is -0.709. The van der Waals surface area contributed by atoms with Gasteiger partial charge in [0.2, 0.25) is 0 Å². The molecule has 0 aliphatic carbocycles. The number of methoxy groups -OCH3 is 1. The van der Waals surface area contributed by atoms with E-state index in [4.69, 9.17) is 42.6 Å². The van der Waals surface area contributed by atoms with Crippen molar-refractivity contribution in [1.82, 2.24) is 0 Å². The van der Waals surface area contributed by atoms with Crippen LogP contribution in [0.2, 0.25) is 0 Å². The summed E-state index contributed by atoms with van der Waals surface area (Å²) >= 11 is 0. The van der Waals surface area contributed by atoms with Gasteiger partial charge in [0.05, 0.1) is 73.8 Å². The summed E-state index contributed by atoms with van der Waals surface area (Å²) < 4.78 is 59.8. The van der Waals surface area contributed by atoms with Gasteiger partial charge < -0.3 is 52.8 Å². The van der Waals surface area contributed by atoms with Crippen LogP contribution in [0.4, 0.5) is 0 Å². The number of fused-ring (bicyclic) bond motifs is 6. The Morgan fingerprint density at radius 1 is 0.788 bits per heavy atom. The van der Waals surface area contributed by atoms with Crippen molar-refractivity contribution in [2.24, 2.45) is 11.8 Å². The van der Waals surface area contributed by atoms with Crippen molar-refractivity contribution in [3.63, 3.8) is 0 Å². The van der Waals surface area contributed by atoms with E-state index in [9.17, 15) is 15.0 Å². The number of Topliss-reactive ketones (excluding diaryl/α,β-unsaturated/α-hetero) is 1. The Morgan fingerprint density at radius 2 is 1.54 bits per heavy atom. The first-order valence-corrected chi connectivity index (χ1v) is 20.1. The van der Waals surface area contributed by atoms with E-state index >= 15 is 0 Å². The van der Waals surface area contributed by atoms with Crippen LogP contribution in [0.3, 0.4) is 0 Å². The van der Waals surface area contributed by atoms with Crippen molar-refractivity contribution in [3.8, 4) is 0 Å². The SMILES string of the molecule is C=C1CC2CC[C@@]34C[C@H]5OC6C(O3)[C@H]3OC(CCC3O[C@H]6C5O4)CC(=O)CC3C(C[C@H]4OC(CCC1O2)C[C@@H](C)C4=C)OC(CC(O)CO)[C@@H]3OC. The molecule has 12 bridgehead atoms. The van der Waals surface area contributed by atoms with Gasteiger partial charge in [-0.05, 0) is 62.0 Å². The summed E-state index contributed by atoms with van der Waals surface area (Å²) in [5.41, 5.74) is 2.17. The largest absolute Gasteiger partial charge is 0.394 e. The molecule has 12 heteroatoms. The van der Waals surface area contributed by atoms with E-state index in [1.165, 1.54) is 0 Å². The standard InChI is InChI=1S/C40H58O12/c1-19-11-24-5-7-28-20(2)12-26(45-28)9-10-40-17-33-36(51-40)37-38(50-33)39(52-40)35-29(49-37)8-6-25(47-35)13-22(42)14-27-31(16-30(46-24)21(19)3)48-32(34(27)44-4)15-23(43)18-41/h19,23-39,41,43H,2-3,5-18H2,1,4H3/t19-,23?,24?,25?,26?,27?,28?,29?,30-,31?,32?,33-,34-,35+,36?,37+,38?,39?,40+/m1/s1. The molecule has 0 saturated carbocycles. The van der Waals surface area contributed by atoms with E-state index in [1.807, 2.05) is 0 Å². The summed E-state index contributed by atoms with van der Waals surface area (Å²) in [6.45, 7) is 10.7. The first kappa shape index (κ1) is 36.4. The van der Waals surface area contributed by atoms with E-state index < -0.39 is 24.1 Å². The Morgan fingerprint density at radius 3 is 2.37 bits per heavy atom. The molecule has 10 rings (SSSR count). The molecule has 0 aromatic rings. The summed E-state index contributed by atoms with van der Waals surface area (Å²) in [4.78, 5) is 14.0. The van der Waals surface area contributed by atoms with Gasteiger partial charge in [0, 0.05) is 51.6 Å². The minimum Gasteiger partial charge on any atom is -0.394 e. The zero-order valence-corrected chi connectivity index (χ0v) is 30.7. The molecule has 0 amide bonds. The summed E-state index contributed by atoms with van der Waals surface area (Å²) in [6.07, 6.45) is 4.01. The van der Waals surface area contributed by atoms with Gasteiger partial charge >= 0.3 is 0 Å². The topological polar surface area (TPSA) is 141 Å². The molecule has 0 aromatic heterocycles. The van der Waals surface area contributed by atoms with Gasteiger partial charge in [-0.15, -0.1) is 0 Å². The highest BCUT2D eigenvalue weighted by atomic mass is 16.8. The monoisotopic (exact) mass is 730 g/mol. The maximum Gasteiger partial charge on any atom is 0.172 e. The van der Waals surface area contributed by atoms with Gasteiger partial charge in [0.15, 0.2) is 5.79 Å². The summed E-state index contributed by atoms with van der Waals surface area (Å²) in [6, 6.07) is 0. The minimum absolute atomic E-state index is 0.0260. The predicted molar refractivity (Wildman–Crippen MR) is 184 cm³/mol. The molecule has 0 aromatic carbocycles. The van der Waals surface area contributed by atoms with Crippen LogP contribution in [0.1, 0.15) is 90.4 Å². The van der Waals surface area contributed by atoms with Gasteiger partial charge in [-0.3, -0.25) is 4.79 Å². The fraction of sp³-hybridized carbons (Fsp3) is 0.875. The van der Waals surface area contributed by atoms with Crippen LogP contribution in [0.15, 0.2) is 24.3 Å². The first-order valence-electron chi connectivity index (χ1n) is 20.1. The molecule has 10 heterocycles. The smallest absolute Gasteiger partial charge is 0.172 e. The predicted octanol–water partition coefficient (Wildman–Crippen LogP) is 3.47. The van der Waals surface area contributed by atoms with Crippen molar-refractivity contribution in [2.45, 2.75) is 194 Å². The highest BCUT2D eigenvalue weighted by molar-refractivity contribution is 5.79. The molecule has 52 heavy (non-hydrogen) atoms. The number of hydrogen-bond acceptors (Lipinski definition) is 12. The molecule has 2 N–H and O–H groups in total. The Labute approximate surface area is 306 Å². The molecular formula is C40H58O12. The molecule has 19 atom stereocenters. The summed E-state index contributed by atoms with van der Waals surface area (Å²) in [5, 5.41) is 20.1. The number of aliphatic hydroxyl groups is 2. The van der Waals surface area contributed by atoms with E-state index in [2.05, 4.69) is 20.1 Å². The minimum atomic E-state index is -0.951. The second-order valence-electron chi connectivity index (χ2n) is 17.4. The number of rotatable bonds is 4. The summed E-state index contributed by atoms with van der Waals surface area (Å²) in [7, 11) is 1.63. The van der Waals surface area contributed by atoms with Gasteiger partial charge in [-0.2, -0.15) is 0 Å². The Kier molecular flexibility index (Phi) is 10.0. The van der Waals surface area contributed by atoms with Crippen molar-refractivity contribution >= 4 is 5.78 Å². The van der Waals surface area contributed by atoms with Gasteiger partial charge in [0.1, 0.15) is 36.3 Å². The number of carbonyl (C=O) groups excluding carboxylic acids is 1. The second kappa shape index (κ2) is 14.3. The lowest BCUT2D eigenvalue weighted by molar-refractivity contribution is -0.292. The third-order valence-corrected chi connectivity index (χ3v) is 13.9. The second-order valence-corrected chi connectivity index (χ2v) is 17.4. The molecule has 10 aliphatic rings. The van der Waals surface area contributed by atoms with Crippen LogP contribution in [-0.2, 0) is 47.4 Å². The van der Waals surface area contributed by atoms with E-state index in [-0.39, 0.29) is 123 Å². The van der Waals surface area contributed by atoms with Crippen LogP contribution >= 0.6 is 0 Å². The molecule has 12 unspecified atom stereocenters. The molecule has 1 spiro atoms. The lowest BCUT2D eigenvalue weighted by Gasteiger charge is -2.47. The average Bonchev–Trinajstić information content (AvgIpc) is 3.79. The van der Waals surface area contributed by atoms with Crippen LogP contribution < -0.4 is 0 Å². The van der Waals surface area contributed by atoms with Crippen LogP contribution in [-0.4, -0.2) is 133 Å². The average molecular weight is 731 g/mol. The van der Waals surface area contributed by atoms with Crippen molar-refractivity contribution in [1.29, 1.82) is 0 Å². The zero-order valence-electron chi connectivity index (χ0n) is 30.7. The first-order chi connectivity index (χ1) is 25.1. The fourth-order valence-corrected chi connectivity index (χ4v) is 11.3. The molecule has 10 aliphatic heterocycles. The van der Waals surface area contributed by atoms with Crippen molar-refractivity contribution in [3.05, 3.63) is 24.3 Å². The molecule has 0 radical (unpaired) electrons. The number of ketones is 1. The molecule has 10 saturated heterocycles. The molecule has 10 fully saturated rings. The van der Waals surface area contributed by atoms with Gasteiger partial charge in [0.25, 0.3) is 0 Å². The fourth-order valence-electron chi connectivity index (χ4n) is 11.3. The lowest BCUT2D eigenvalue weighted by atomic mass is 9.81. The Balaban J connectivity index is 0.994. The van der Waals surface area contributed by atoms with E-state index in [0.717, 1.165) is 49.7 Å². The number of carbonyl (C=O) groups is 1. The number of hydrogen-bond donors (Lipinski definition) is 2. The quantitative estimate of drug-likeness (QED) is 0.410. The highest BCUT2D eigenvalue weighted by Crippen LogP contribution is 2.54. The van der Waals surface area contributed by atoms with Crippen molar-refractivity contribution in [2.75, 3.05) is 13.7 Å². The third kappa shape index (κ3) is 6.59. The van der Waals surface area contributed by atoms with Crippen LogP contribution in [0.5, 0.6) is 0 Å². The Hall–Kier alpha value is -1.29. The van der Waals surface area contributed by atoms with Crippen LogP contribution in [0.25, 0.3) is 0 Å². The maximum atomic E-state index is 14.0. The molecule has 12 nitrogen and oxygen atoms in total. The number of ether oxygens (including phenoxy) is 9. The van der Waals surface area contributed by atoms with Gasteiger partial charge in [-0.25, -0.2) is 0 Å². The van der Waals surface area contributed by atoms with E-state index in [0.29, 0.717) is 25.7 Å². The lowest BCUT2D eigenvalue weighted by Crippen LogP contribution is -2.61. The Bertz CT molecular complexity index is 1370. The van der Waals surface area contributed by atoms with Crippen LogP contribution in [0, 0.1) is 11.8 Å². The van der Waals surface area contributed by atoms with E-state index in [1.54, 1.807) is 7.11 Å². The molecular weight excluding hydrogens is 672 g/mol. The highest BCUT2D eigenvalue weighted by Gasteiger charge is 2.68. The third-order valence-electron chi connectivity index (χ3n) is 13.9. The van der Waals surface area contributed by atoms with Crippen molar-refractivity contribution < 1.29 is 57.6 Å². The molecule has 290 valence electrons. The van der Waals surface area contributed by atoms with Gasteiger partial charge in [-0.1, -0.05) is 20.1 Å².